The van der Waals surface area contributed by atoms with Gasteiger partial charge in [-0.05, 0) is 13.2 Å². The second-order valence-corrected chi connectivity index (χ2v) is 3.54. The minimum absolute atomic E-state index is 0.534. The molecule has 0 bridgehead atoms. The fourth-order valence-electron chi connectivity index (χ4n) is 1.00. The highest BCUT2D eigenvalue weighted by molar-refractivity contribution is 7.98. The molecule has 1 aromatic heterocycles. The Kier molecular flexibility index (Phi) is 3.88. The van der Waals surface area contributed by atoms with Crippen LogP contribution in [0.1, 0.15) is 17.3 Å². The summed E-state index contributed by atoms with van der Waals surface area (Å²) >= 11 is 1.47. The number of thioether (sulfide) groups is 1. The molecule has 1 heterocycles. The SMILES string of the molecule is CCN(C)c1nc(SC)ncc1C=O. The van der Waals surface area contributed by atoms with E-state index in [1.165, 1.54) is 11.8 Å². The lowest BCUT2D eigenvalue weighted by atomic mass is 10.3. The number of rotatable bonds is 4. The number of hydrogen-bond donors (Lipinski definition) is 0. The molecule has 0 N–H and O–H groups in total. The first-order valence-corrected chi connectivity index (χ1v) is 5.52. The van der Waals surface area contributed by atoms with E-state index in [9.17, 15) is 4.79 Å². The van der Waals surface area contributed by atoms with Crippen LogP contribution in [-0.4, -0.2) is 36.1 Å². The third-order valence-electron chi connectivity index (χ3n) is 1.92. The van der Waals surface area contributed by atoms with Gasteiger partial charge in [-0.25, -0.2) is 9.97 Å². The van der Waals surface area contributed by atoms with Gasteiger partial charge < -0.3 is 4.90 Å². The summed E-state index contributed by atoms with van der Waals surface area (Å²) in [4.78, 5) is 21.0. The van der Waals surface area contributed by atoms with Crippen molar-refractivity contribution in [2.24, 2.45) is 0 Å². The van der Waals surface area contributed by atoms with Crippen LogP contribution in [0.3, 0.4) is 0 Å². The molecular formula is C9H13N3OS. The summed E-state index contributed by atoms with van der Waals surface area (Å²) in [5.74, 6) is 0.696. The maximum absolute atomic E-state index is 10.7. The number of anilines is 1. The first kappa shape index (κ1) is 11.0. The third-order valence-corrected chi connectivity index (χ3v) is 2.48. The molecule has 14 heavy (non-hydrogen) atoms. The van der Waals surface area contributed by atoms with Crippen molar-refractivity contribution in [3.63, 3.8) is 0 Å². The van der Waals surface area contributed by atoms with E-state index in [2.05, 4.69) is 9.97 Å². The molecule has 76 valence electrons. The van der Waals surface area contributed by atoms with Crippen LogP contribution < -0.4 is 4.90 Å². The fourth-order valence-corrected chi connectivity index (χ4v) is 1.34. The van der Waals surface area contributed by atoms with Crippen molar-refractivity contribution in [1.29, 1.82) is 0 Å². The van der Waals surface area contributed by atoms with Gasteiger partial charge in [0.2, 0.25) is 0 Å². The molecule has 0 amide bonds. The molecule has 0 unspecified atom stereocenters. The van der Waals surface area contributed by atoms with Crippen LogP contribution in [0.2, 0.25) is 0 Å². The Balaban J connectivity index is 3.14. The molecule has 0 spiro atoms. The number of carbonyl (C=O) groups excluding carboxylic acids is 1. The van der Waals surface area contributed by atoms with Crippen molar-refractivity contribution >= 4 is 23.9 Å². The maximum atomic E-state index is 10.7. The number of carbonyl (C=O) groups is 1. The summed E-state index contributed by atoms with van der Waals surface area (Å²) in [6.45, 7) is 2.82. The average molecular weight is 211 g/mol. The van der Waals surface area contributed by atoms with Crippen LogP contribution in [0.4, 0.5) is 5.82 Å². The van der Waals surface area contributed by atoms with Gasteiger partial charge in [0.1, 0.15) is 5.82 Å². The Bertz CT molecular complexity index is 330. The lowest BCUT2D eigenvalue weighted by Gasteiger charge is -2.17. The van der Waals surface area contributed by atoms with E-state index < -0.39 is 0 Å². The van der Waals surface area contributed by atoms with Crippen molar-refractivity contribution in [2.75, 3.05) is 24.7 Å². The lowest BCUT2D eigenvalue weighted by Crippen LogP contribution is -2.19. The Morgan fingerprint density at radius 2 is 2.36 bits per heavy atom. The van der Waals surface area contributed by atoms with Crippen LogP contribution in [-0.2, 0) is 0 Å². The van der Waals surface area contributed by atoms with Gasteiger partial charge in [-0.15, -0.1) is 0 Å². The standard InChI is InChI=1S/C9H13N3OS/c1-4-12(2)8-7(6-13)5-10-9(11-8)14-3/h5-6H,4H2,1-3H3. The van der Waals surface area contributed by atoms with E-state index in [1.54, 1.807) is 6.20 Å². The number of aromatic nitrogens is 2. The van der Waals surface area contributed by atoms with Crippen molar-refractivity contribution in [3.05, 3.63) is 11.8 Å². The molecular weight excluding hydrogens is 198 g/mol. The molecule has 1 aromatic rings. The van der Waals surface area contributed by atoms with Gasteiger partial charge in [0, 0.05) is 19.8 Å². The molecule has 0 radical (unpaired) electrons. The molecule has 4 nitrogen and oxygen atoms in total. The third kappa shape index (κ3) is 2.23. The van der Waals surface area contributed by atoms with Gasteiger partial charge >= 0.3 is 0 Å². The van der Waals surface area contributed by atoms with E-state index in [-0.39, 0.29) is 0 Å². The van der Waals surface area contributed by atoms with E-state index in [4.69, 9.17) is 0 Å². The molecule has 0 aliphatic rings. The Labute approximate surface area is 87.7 Å². The van der Waals surface area contributed by atoms with Crippen molar-refractivity contribution in [3.8, 4) is 0 Å². The molecule has 0 fully saturated rings. The van der Waals surface area contributed by atoms with E-state index in [1.807, 2.05) is 25.1 Å². The summed E-state index contributed by atoms with van der Waals surface area (Å²) in [6.07, 6.45) is 4.25. The smallest absolute Gasteiger partial charge is 0.189 e. The molecule has 5 heteroatoms. The number of hydrogen-bond acceptors (Lipinski definition) is 5. The molecule has 0 saturated carbocycles. The van der Waals surface area contributed by atoms with Crippen LogP contribution in [0.5, 0.6) is 0 Å². The minimum Gasteiger partial charge on any atom is -0.359 e. The van der Waals surface area contributed by atoms with Gasteiger partial charge in [-0.3, -0.25) is 4.79 Å². The molecule has 0 aliphatic carbocycles. The minimum atomic E-state index is 0.534. The molecule has 0 aliphatic heterocycles. The highest BCUT2D eigenvalue weighted by atomic mass is 32.2. The summed E-state index contributed by atoms with van der Waals surface area (Å²) in [5.41, 5.74) is 0.534. The zero-order chi connectivity index (χ0) is 10.6. The first-order valence-electron chi connectivity index (χ1n) is 4.30. The number of nitrogens with zero attached hydrogens (tertiary/aromatic N) is 3. The van der Waals surface area contributed by atoms with Crippen LogP contribution in [0, 0.1) is 0 Å². The zero-order valence-electron chi connectivity index (χ0n) is 8.52. The molecule has 0 aromatic carbocycles. The largest absolute Gasteiger partial charge is 0.359 e. The van der Waals surface area contributed by atoms with Crippen LogP contribution >= 0.6 is 11.8 Å². The summed E-state index contributed by atoms with van der Waals surface area (Å²) < 4.78 is 0. The van der Waals surface area contributed by atoms with Crippen LogP contribution in [0.15, 0.2) is 11.4 Å². The normalized spacial score (nSPS) is 9.93. The van der Waals surface area contributed by atoms with E-state index in [0.29, 0.717) is 16.5 Å². The lowest BCUT2D eigenvalue weighted by molar-refractivity contribution is 0.112. The maximum Gasteiger partial charge on any atom is 0.189 e. The van der Waals surface area contributed by atoms with Gasteiger partial charge in [0.15, 0.2) is 11.4 Å². The predicted octanol–water partition coefficient (Wildman–Crippen LogP) is 1.47. The number of aldehydes is 1. The monoisotopic (exact) mass is 211 g/mol. The predicted molar refractivity (Wildman–Crippen MR) is 58.1 cm³/mol. The van der Waals surface area contributed by atoms with Gasteiger partial charge in [-0.1, -0.05) is 11.8 Å². The zero-order valence-corrected chi connectivity index (χ0v) is 9.34. The quantitative estimate of drug-likeness (QED) is 0.429. The van der Waals surface area contributed by atoms with E-state index >= 15 is 0 Å². The summed E-state index contributed by atoms with van der Waals surface area (Å²) in [7, 11) is 1.90. The highest BCUT2D eigenvalue weighted by Crippen LogP contribution is 2.17. The van der Waals surface area contributed by atoms with Crippen molar-refractivity contribution in [1.82, 2.24) is 9.97 Å². The fraction of sp³-hybridized carbons (Fsp3) is 0.444. The second kappa shape index (κ2) is 4.95. The van der Waals surface area contributed by atoms with Crippen LogP contribution in [0.25, 0.3) is 0 Å². The summed E-state index contributed by atoms with van der Waals surface area (Å²) in [5, 5.41) is 0.686. The highest BCUT2D eigenvalue weighted by Gasteiger charge is 2.09. The molecule has 1 rings (SSSR count). The van der Waals surface area contributed by atoms with Crippen molar-refractivity contribution < 1.29 is 4.79 Å². The van der Waals surface area contributed by atoms with Gasteiger partial charge in [0.25, 0.3) is 0 Å². The summed E-state index contributed by atoms with van der Waals surface area (Å²) in [6, 6.07) is 0. The van der Waals surface area contributed by atoms with E-state index in [0.717, 1.165) is 12.8 Å². The average Bonchev–Trinajstić information content (AvgIpc) is 2.27. The Morgan fingerprint density at radius 1 is 1.64 bits per heavy atom. The molecule has 0 saturated heterocycles. The van der Waals surface area contributed by atoms with Crippen molar-refractivity contribution in [2.45, 2.75) is 12.1 Å². The van der Waals surface area contributed by atoms with Gasteiger partial charge in [-0.2, -0.15) is 0 Å². The molecule has 0 atom stereocenters. The Morgan fingerprint density at radius 3 is 2.86 bits per heavy atom. The Hall–Kier alpha value is -1.10. The van der Waals surface area contributed by atoms with Gasteiger partial charge in [0.05, 0.1) is 5.56 Å². The second-order valence-electron chi connectivity index (χ2n) is 2.77. The topological polar surface area (TPSA) is 46.1 Å². The first-order chi connectivity index (χ1) is 6.72.